The van der Waals surface area contributed by atoms with Crippen molar-refractivity contribution in [3.63, 3.8) is 0 Å². The van der Waals surface area contributed by atoms with Crippen molar-refractivity contribution in [2.45, 2.75) is 34.4 Å². The average molecular weight is 1310 g/mol. The van der Waals surface area contributed by atoms with Crippen LogP contribution in [0.1, 0.15) is 77.3 Å². The number of alkyl halides is 6. The van der Waals surface area contributed by atoms with Gasteiger partial charge in [0, 0.05) is 0 Å². The summed E-state index contributed by atoms with van der Waals surface area (Å²) < 4.78 is 314. The average Bonchev–Trinajstić information content (AvgIpc) is 2.12. The summed E-state index contributed by atoms with van der Waals surface area (Å²) >= 11 is 0. The molecule has 90 heavy (non-hydrogen) atoms. The van der Waals surface area contributed by atoms with Crippen LogP contribution in [0.15, 0.2) is 146 Å². The highest BCUT2D eigenvalue weighted by atomic mass is 32.2. The van der Waals surface area contributed by atoms with Crippen molar-refractivity contribution in [1.29, 1.82) is 0 Å². The lowest BCUT2D eigenvalue weighted by Gasteiger charge is -2.22. The second-order valence-corrected chi connectivity index (χ2v) is 23.6. The van der Waals surface area contributed by atoms with Crippen molar-refractivity contribution < 1.29 is 105 Å². The molecule has 0 aliphatic rings. The summed E-state index contributed by atoms with van der Waals surface area (Å²) in [6.45, 7) is 0. The van der Waals surface area contributed by atoms with Gasteiger partial charge >= 0.3 is 12.4 Å². The molecule has 0 amide bonds. The molecule has 0 saturated heterocycles. The largest absolute Gasteiger partial charge is 0.497 e. The summed E-state index contributed by atoms with van der Waals surface area (Å²) in [6, 6.07) is 25.7. The van der Waals surface area contributed by atoms with Crippen LogP contribution in [0.25, 0.3) is 36.5 Å². The van der Waals surface area contributed by atoms with Crippen molar-refractivity contribution in [3.05, 3.63) is 282 Å². The van der Waals surface area contributed by atoms with E-state index in [9.17, 15) is 95.9 Å². The van der Waals surface area contributed by atoms with E-state index >= 15 is 0 Å². The first-order valence-electron chi connectivity index (χ1n) is 25.6. The molecule has 8 rings (SSSR count). The van der Waals surface area contributed by atoms with Gasteiger partial charge in [-0.05, 0) is 105 Å². The Bertz CT molecular complexity index is 3960. The molecule has 0 bridgehead atoms. The predicted molar refractivity (Wildman–Crippen MR) is 301 cm³/mol. The normalized spacial score (nSPS) is 13.1. The highest BCUT2D eigenvalue weighted by molar-refractivity contribution is 7.92. The van der Waals surface area contributed by atoms with Gasteiger partial charge in [-0.25, -0.2) is 69.5 Å². The Balaban J connectivity index is 0.000000257. The maximum atomic E-state index is 14.5. The van der Waals surface area contributed by atoms with Gasteiger partial charge in [-0.1, -0.05) is 121 Å². The second-order valence-electron chi connectivity index (χ2n) is 19.3. The summed E-state index contributed by atoms with van der Waals surface area (Å²) in [5, 5.41) is -3.98. The molecule has 26 heteroatoms. The van der Waals surface area contributed by atoms with Crippen LogP contribution >= 0.6 is 0 Å². The number of ether oxygens (including phenoxy) is 2. The van der Waals surface area contributed by atoms with Gasteiger partial charge in [0.2, 0.25) is 11.6 Å². The van der Waals surface area contributed by atoms with Crippen molar-refractivity contribution >= 4 is 56.1 Å². The second kappa shape index (κ2) is 28.2. The molecule has 472 valence electrons. The van der Waals surface area contributed by atoms with Crippen LogP contribution in [0.5, 0.6) is 11.5 Å². The van der Waals surface area contributed by atoms with Crippen LogP contribution < -0.4 is 9.47 Å². The maximum Gasteiger partial charge on any atom is 0.416 e. The Labute approximate surface area is 501 Å². The summed E-state index contributed by atoms with van der Waals surface area (Å²) in [4.78, 5) is 0. The third-order valence-electron chi connectivity index (χ3n) is 13.2. The number of hydrogen-bond acceptors (Lipinski definition) is 6. The summed E-state index contributed by atoms with van der Waals surface area (Å²) in [7, 11) is -6.40. The van der Waals surface area contributed by atoms with Gasteiger partial charge in [0.1, 0.15) is 33.6 Å². The molecule has 0 saturated carbocycles. The smallest absolute Gasteiger partial charge is 0.416 e. The van der Waals surface area contributed by atoms with Crippen molar-refractivity contribution in [1.82, 2.24) is 0 Å². The number of halogens is 18. The number of sulfone groups is 2. The van der Waals surface area contributed by atoms with Gasteiger partial charge < -0.3 is 9.47 Å². The third kappa shape index (κ3) is 16.4. The third-order valence-corrected chi connectivity index (χ3v) is 17.0. The Morgan fingerprint density at radius 1 is 0.378 bits per heavy atom. The van der Waals surface area contributed by atoms with Gasteiger partial charge in [-0.2, -0.15) is 26.3 Å². The van der Waals surface area contributed by atoms with Crippen LogP contribution in [0.4, 0.5) is 79.0 Å². The summed E-state index contributed by atoms with van der Waals surface area (Å²) in [5.41, 5.74) is -4.98. The molecule has 2 unspecified atom stereocenters. The van der Waals surface area contributed by atoms with E-state index in [-0.39, 0.29) is 44.9 Å². The zero-order valence-electron chi connectivity index (χ0n) is 46.0. The number of rotatable bonds is 18. The summed E-state index contributed by atoms with van der Waals surface area (Å²) in [6.07, 6.45) is -2.63. The number of benzene rings is 8. The highest BCUT2D eigenvalue weighted by Crippen LogP contribution is 2.41. The first-order valence-corrected chi connectivity index (χ1v) is 29.1. The Morgan fingerprint density at radius 3 is 0.967 bits per heavy atom. The zero-order valence-corrected chi connectivity index (χ0v) is 47.6. The van der Waals surface area contributed by atoms with Crippen LogP contribution in [0, 0.1) is 69.8 Å². The van der Waals surface area contributed by atoms with Crippen molar-refractivity contribution in [2.75, 3.05) is 14.2 Å². The molecule has 0 aliphatic heterocycles. The minimum atomic E-state index is -4.93. The number of hydrogen-bond donors (Lipinski definition) is 0. The van der Waals surface area contributed by atoms with Crippen molar-refractivity contribution in [2.24, 2.45) is 0 Å². The van der Waals surface area contributed by atoms with Crippen LogP contribution in [0.2, 0.25) is 0 Å². The van der Waals surface area contributed by atoms with E-state index in [1.165, 1.54) is 99.2 Å². The lowest BCUT2D eigenvalue weighted by Crippen LogP contribution is -2.19. The van der Waals surface area contributed by atoms with Gasteiger partial charge in [0.15, 0.2) is 66.2 Å². The fourth-order valence-electron chi connectivity index (χ4n) is 8.74. The van der Waals surface area contributed by atoms with Crippen LogP contribution in [-0.2, 0) is 43.5 Å². The monoisotopic (exact) mass is 1310 g/mol. The molecule has 0 aliphatic carbocycles. The van der Waals surface area contributed by atoms with E-state index in [0.29, 0.717) is 35.4 Å². The van der Waals surface area contributed by atoms with E-state index in [2.05, 4.69) is 0 Å². The van der Waals surface area contributed by atoms with Crippen LogP contribution in [0.3, 0.4) is 0 Å². The van der Waals surface area contributed by atoms with Crippen LogP contribution in [-0.4, -0.2) is 31.1 Å². The topological polar surface area (TPSA) is 86.7 Å². The molecule has 8 aromatic rings. The SMILES string of the molecule is COc1ccc(C(C=Cc2c(F)c(F)c(F)c(F)c2F)S(=O)(=O)C(/C=C/c2c(F)c(F)c(F)c(F)c2F)c2ccc(OC)cc2)cc1.O=S(=O)(Cc1ccc(C(F)(F)F)c(C=Cc2ccc(F)cc2)c1)Cc1ccc(C(F)(F)F)c(/C=C/c2ccc(F)cc2)c1. The first-order chi connectivity index (χ1) is 42.2. The van der Waals surface area contributed by atoms with E-state index in [1.54, 1.807) is 0 Å². The Hall–Kier alpha value is -9.04. The van der Waals surface area contributed by atoms with Gasteiger partial charge in [0.25, 0.3) is 0 Å². The van der Waals surface area contributed by atoms with Gasteiger partial charge in [0.05, 0.1) is 48.0 Å². The molecular formula is C64H42F18O6S2. The minimum absolute atomic E-state index is 0.0371. The Morgan fingerprint density at radius 2 is 0.678 bits per heavy atom. The van der Waals surface area contributed by atoms with Gasteiger partial charge in [-0.3, -0.25) is 0 Å². The fourth-order valence-corrected chi connectivity index (χ4v) is 12.2. The molecule has 0 fully saturated rings. The molecule has 2 atom stereocenters. The molecule has 8 aromatic carbocycles. The standard InChI is InChI=1S/C32H20F10O4S.C32H22F8O2S/c1-45-17-7-3-15(4-8-17)21(13-11-19-23(33)27(37)31(41)28(38)24(19)34)47(43,44)22(16-5-9-18(46-2)10-6-16)14-12-20-25(35)29(39)32(42)30(40)26(20)36;33-27-11-3-21(4-12-27)1-9-25-17-23(7-15-29(25)31(35,36)37)19-43(41,42)20-24-8-16-30(32(38,39)40)26(18-24)10-2-22-5-13-28(34)14-6-22/h3-14,21-22H,1-2H3;1-18H,19-20H2/b13-11+,14-12?;9-1+,10-2?. The van der Waals surface area contributed by atoms with E-state index in [0.717, 1.165) is 72.8 Å². The molecule has 6 nitrogen and oxygen atoms in total. The predicted octanol–water partition coefficient (Wildman–Crippen LogP) is 18.2. The summed E-state index contributed by atoms with van der Waals surface area (Å²) in [5.74, 6) is -25.1. The molecular weight excluding hydrogens is 1270 g/mol. The lowest BCUT2D eigenvalue weighted by molar-refractivity contribution is -0.138. The lowest BCUT2D eigenvalue weighted by atomic mass is 10.0. The van der Waals surface area contributed by atoms with Gasteiger partial charge in [-0.15, -0.1) is 0 Å². The fraction of sp³-hybridized carbons (Fsp3) is 0.125. The zero-order chi connectivity index (χ0) is 66.2. The molecule has 0 spiro atoms. The maximum absolute atomic E-state index is 14.5. The minimum Gasteiger partial charge on any atom is -0.497 e. The molecule has 0 radical (unpaired) electrons. The molecule has 0 N–H and O–H groups in total. The van der Waals surface area contributed by atoms with E-state index in [4.69, 9.17) is 9.47 Å². The first kappa shape index (κ1) is 68.5. The molecule has 0 heterocycles. The number of methoxy groups -OCH3 is 2. The molecule has 0 aromatic heterocycles. The van der Waals surface area contributed by atoms with E-state index < -0.39 is 146 Å². The highest BCUT2D eigenvalue weighted by Gasteiger charge is 2.37. The van der Waals surface area contributed by atoms with E-state index in [1.807, 2.05) is 0 Å². The Kier molecular flexibility index (Phi) is 21.4. The van der Waals surface area contributed by atoms with Crippen molar-refractivity contribution in [3.8, 4) is 11.5 Å². The quantitative estimate of drug-likeness (QED) is 0.0368.